The monoisotopic (exact) mass is 233 g/mol. The molecule has 17 heavy (non-hydrogen) atoms. The molecule has 1 aromatic rings. The van der Waals surface area contributed by atoms with Crippen molar-refractivity contribution in [2.75, 3.05) is 13.6 Å². The van der Waals surface area contributed by atoms with E-state index in [0.717, 1.165) is 12.5 Å². The molecule has 1 N–H and O–H groups in total. The summed E-state index contributed by atoms with van der Waals surface area (Å²) in [6.45, 7) is 10.2. The molecule has 0 spiro atoms. The van der Waals surface area contributed by atoms with Gasteiger partial charge < -0.3 is 5.32 Å². The number of rotatable bonds is 5. The van der Waals surface area contributed by atoms with Crippen LogP contribution in [0.4, 0.5) is 0 Å². The molecule has 1 aromatic carbocycles. The Kier molecular flexibility index (Phi) is 5.20. The lowest BCUT2D eigenvalue weighted by Crippen LogP contribution is -2.20. The van der Waals surface area contributed by atoms with E-state index in [-0.39, 0.29) is 5.41 Å². The Morgan fingerprint density at radius 1 is 1.12 bits per heavy atom. The predicted octanol–water partition coefficient (Wildman–Crippen LogP) is 3.77. The highest BCUT2D eigenvalue weighted by Gasteiger charge is 2.13. The van der Waals surface area contributed by atoms with Crippen LogP contribution in [-0.2, 0) is 11.8 Å². The Morgan fingerprint density at radius 3 is 2.12 bits per heavy atom. The molecule has 0 amide bonds. The van der Waals surface area contributed by atoms with Crippen molar-refractivity contribution in [2.24, 2.45) is 5.92 Å². The minimum Gasteiger partial charge on any atom is -0.319 e. The summed E-state index contributed by atoms with van der Waals surface area (Å²) in [5.41, 5.74) is 3.14. The zero-order chi connectivity index (χ0) is 12.9. The van der Waals surface area contributed by atoms with Crippen LogP contribution in [0.3, 0.4) is 0 Å². The standard InChI is InChI=1S/C16H27N/c1-6-13(12-17-5)11-14-7-9-15(10-8-14)16(2,3)4/h7-10,13,17H,6,11-12H2,1-5H3. The zero-order valence-electron chi connectivity index (χ0n) is 12.0. The molecule has 0 heterocycles. The van der Waals surface area contributed by atoms with Crippen molar-refractivity contribution in [3.05, 3.63) is 35.4 Å². The van der Waals surface area contributed by atoms with Crippen molar-refractivity contribution in [3.8, 4) is 0 Å². The molecule has 1 rings (SSSR count). The van der Waals surface area contributed by atoms with Crippen LogP contribution in [-0.4, -0.2) is 13.6 Å². The lowest BCUT2D eigenvalue weighted by Gasteiger charge is -2.20. The summed E-state index contributed by atoms with van der Waals surface area (Å²) in [4.78, 5) is 0. The van der Waals surface area contributed by atoms with Gasteiger partial charge in [-0.3, -0.25) is 0 Å². The van der Waals surface area contributed by atoms with E-state index in [2.05, 4.69) is 57.3 Å². The van der Waals surface area contributed by atoms with Crippen molar-refractivity contribution in [2.45, 2.75) is 46.0 Å². The molecule has 0 bridgehead atoms. The molecule has 1 unspecified atom stereocenters. The maximum absolute atomic E-state index is 3.27. The highest BCUT2D eigenvalue weighted by atomic mass is 14.8. The first kappa shape index (κ1) is 14.2. The van der Waals surface area contributed by atoms with Gasteiger partial charge in [-0.05, 0) is 42.5 Å². The van der Waals surface area contributed by atoms with Crippen LogP contribution in [0.25, 0.3) is 0 Å². The molecule has 0 fully saturated rings. The molecule has 1 nitrogen and oxygen atoms in total. The van der Waals surface area contributed by atoms with Crippen molar-refractivity contribution < 1.29 is 0 Å². The fourth-order valence-electron chi connectivity index (χ4n) is 2.12. The average molecular weight is 233 g/mol. The Bertz CT molecular complexity index is 318. The van der Waals surface area contributed by atoms with Gasteiger partial charge in [0, 0.05) is 0 Å². The molecule has 0 saturated carbocycles. The third-order valence-electron chi connectivity index (χ3n) is 3.41. The molecule has 1 atom stereocenters. The molecule has 0 saturated heterocycles. The van der Waals surface area contributed by atoms with Crippen LogP contribution < -0.4 is 5.32 Å². The van der Waals surface area contributed by atoms with Crippen LogP contribution in [0.1, 0.15) is 45.2 Å². The number of nitrogens with one attached hydrogen (secondary N) is 1. The molecule has 0 aliphatic heterocycles. The van der Waals surface area contributed by atoms with Gasteiger partial charge in [0.25, 0.3) is 0 Å². The molecule has 0 aliphatic carbocycles. The average Bonchev–Trinajstić information content (AvgIpc) is 2.28. The molecule has 0 aliphatic rings. The fourth-order valence-corrected chi connectivity index (χ4v) is 2.12. The van der Waals surface area contributed by atoms with Gasteiger partial charge >= 0.3 is 0 Å². The molecule has 0 radical (unpaired) electrons. The third-order valence-corrected chi connectivity index (χ3v) is 3.41. The van der Waals surface area contributed by atoms with Crippen LogP contribution in [0.15, 0.2) is 24.3 Å². The fraction of sp³-hybridized carbons (Fsp3) is 0.625. The highest BCUT2D eigenvalue weighted by molar-refractivity contribution is 5.27. The lowest BCUT2D eigenvalue weighted by molar-refractivity contribution is 0.481. The van der Waals surface area contributed by atoms with Crippen LogP contribution in [0.5, 0.6) is 0 Å². The maximum Gasteiger partial charge on any atom is -0.00204 e. The zero-order valence-corrected chi connectivity index (χ0v) is 12.0. The first-order chi connectivity index (χ1) is 7.97. The smallest absolute Gasteiger partial charge is 0.00204 e. The van der Waals surface area contributed by atoms with Gasteiger partial charge in [0.05, 0.1) is 0 Å². The molecule has 0 aromatic heterocycles. The van der Waals surface area contributed by atoms with E-state index in [1.807, 2.05) is 7.05 Å². The molecule has 96 valence electrons. The molecule has 1 heteroatoms. The van der Waals surface area contributed by atoms with Crippen molar-refractivity contribution in [1.29, 1.82) is 0 Å². The van der Waals surface area contributed by atoms with Crippen molar-refractivity contribution in [3.63, 3.8) is 0 Å². The second-order valence-corrected chi connectivity index (χ2v) is 5.98. The SMILES string of the molecule is CCC(CNC)Cc1ccc(C(C)(C)C)cc1. The summed E-state index contributed by atoms with van der Waals surface area (Å²) in [7, 11) is 2.03. The number of benzene rings is 1. The van der Waals surface area contributed by atoms with Crippen molar-refractivity contribution in [1.82, 2.24) is 5.32 Å². The van der Waals surface area contributed by atoms with Crippen molar-refractivity contribution >= 4 is 0 Å². The summed E-state index contributed by atoms with van der Waals surface area (Å²) in [5, 5.41) is 3.27. The predicted molar refractivity (Wildman–Crippen MR) is 76.6 cm³/mol. The van der Waals surface area contributed by atoms with Gasteiger partial charge in [-0.2, -0.15) is 0 Å². The number of hydrogen-bond acceptors (Lipinski definition) is 1. The minimum atomic E-state index is 0.258. The van der Waals surface area contributed by atoms with Gasteiger partial charge in [-0.1, -0.05) is 58.4 Å². The largest absolute Gasteiger partial charge is 0.319 e. The van der Waals surface area contributed by atoms with E-state index in [4.69, 9.17) is 0 Å². The maximum atomic E-state index is 3.27. The van der Waals surface area contributed by atoms with Gasteiger partial charge in [-0.15, -0.1) is 0 Å². The first-order valence-corrected chi connectivity index (χ1v) is 6.71. The second-order valence-electron chi connectivity index (χ2n) is 5.98. The van der Waals surface area contributed by atoms with Gasteiger partial charge in [0.1, 0.15) is 0 Å². The van der Waals surface area contributed by atoms with Crippen LogP contribution in [0.2, 0.25) is 0 Å². The quantitative estimate of drug-likeness (QED) is 0.816. The van der Waals surface area contributed by atoms with Gasteiger partial charge in [0.15, 0.2) is 0 Å². The Hall–Kier alpha value is -0.820. The van der Waals surface area contributed by atoms with E-state index in [9.17, 15) is 0 Å². The minimum absolute atomic E-state index is 0.258. The van der Waals surface area contributed by atoms with Crippen LogP contribution >= 0.6 is 0 Å². The second kappa shape index (κ2) is 6.20. The normalized spacial score (nSPS) is 13.7. The summed E-state index contributed by atoms with van der Waals surface area (Å²) in [6, 6.07) is 9.14. The van der Waals surface area contributed by atoms with E-state index >= 15 is 0 Å². The first-order valence-electron chi connectivity index (χ1n) is 6.71. The number of hydrogen-bond donors (Lipinski definition) is 1. The third kappa shape index (κ3) is 4.51. The topological polar surface area (TPSA) is 12.0 Å². The Balaban J connectivity index is 2.68. The van der Waals surface area contributed by atoms with Crippen LogP contribution in [0, 0.1) is 5.92 Å². The molecular formula is C16H27N. The summed E-state index contributed by atoms with van der Waals surface area (Å²) < 4.78 is 0. The summed E-state index contributed by atoms with van der Waals surface area (Å²) >= 11 is 0. The Labute approximate surface area is 107 Å². The van der Waals surface area contributed by atoms with E-state index < -0.39 is 0 Å². The highest BCUT2D eigenvalue weighted by Crippen LogP contribution is 2.23. The van der Waals surface area contributed by atoms with E-state index in [1.165, 1.54) is 24.0 Å². The van der Waals surface area contributed by atoms with Gasteiger partial charge in [0.2, 0.25) is 0 Å². The summed E-state index contributed by atoms with van der Waals surface area (Å²) in [6.07, 6.45) is 2.42. The van der Waals surface area contributed by atoms with E-state index in [0.29, 0.717) is 0 Å². The lowest BCUT2D eigenvalue weighted by atomic mass is 9.86. The van der Waals surface area contributed by atoms with E-state index in [1.54, 1.807) is 0 Å². The summed E-state index contributed by atoms with van der Waals surface area (Å²) in [5.74, 6) is 0.750. The molecular weight excluding hydrogens is 206 g/mol. The Morgan fingerprint density at radius 2 is 1.71 bits per heavy atom. The van der Waals surface area contributed by atoms with Gasteiger partial charge in [-0.25, -0.2) is 0 Å².